The number of aromatic nitrogens is 1. The van der Waals surface area contributed by atoms with Crippen LogP contribution in [0, 0.1) is 17.4 Å². The highest BCUT2D eigenvalue weighted by Gasteiger charge is 2.23. The summed E-state index contributed by atoms with van der Waals surface area (Å²) in [7, 11) is 0. The zero-order chi connectivity index (χ0) is 24.9. The molecule has 1 aromatic carbocycles. The Hall–Kier alpha value is -3.93. The maximum absolute atomic E-state index is 12.9. The van der Waals surface area contributed by atoms with E-state index in [-0.39, 0.29) is 11.8 Å². The number of aliphatic imine (C=N–C) groups is 1. The topological polar surface area (TPSA) is 123 Å². The van der Waals surface area contributed by atoms with Gasteiger partial charge in [0, 0.05) is 49.7 Å². The van der Waals surface area contributed by atoms with Crippen LogP contribution in [-0.2, 0) is 4.79 Å². The van der Waals surface area contributed by atoms with E-state index in [1.165, 1.54) is 0 Å². The highest BCUT2D eigenvalue weighted by Crippen LogP contribution is 2.24. The quantitative estimate of drug-likeness (QED) is 0.167. The van der Waals surface area contributed by atoms with Crippen molar-refractivity contribution in [1.82, 2.24) is 20.5 Å². The van der Waals surface area contributed by atoms with E-state index in [1.54, 1.807) is 55.7 Å². The first-order valence-electron chi connectivity index (χ1n) is 12.2. The monoisotopic (exact) mass is 475 g/mol. The van der Waals surface area contributed by atoms with Gasteiger partial charge in [-0.25, -0.2) is 4.99 Å². The number of guanidine groups is 1. The van der Waals surface area contributed by atoms with Gasteiger partial charge in [0.2, 0.25) is 11.9 Å². The lowest BCUT2D eigenvalue weighted by Gasteiger charge is -2.32. The second-order valence-corrected chi connectivity index (χ2v) is 8.54. The average molecular weight is 476 g/mol. The number of nitriles is 1. The molecule has 0 radical (unpaired) electrons. The van der Waals surface area contributed by atoms with Crippen molar-refractivity contribution < 1.29 is 9.59 Å². The second kappa shape index (κ2) is 13.7. The van der Waals surface area contributed by atoms with Crippen LogP contribution in [0.2, 0.25) is 0 Å². The summed E-state index contributed by atoms with van der Waals surface area (Å²) in [6.45, 7) is 4.03. The Kier molecular flexibility index (Phi) is 10.1. The van der Waals surface area contributed by atoms with E-state index in [9.17, 15) is 9.59 Å². The van der Waals surface area contributed by atoms with Crippen LogP contribution < -0.4 is 16.0 Å². The molecule has 1 aliphatic rings. The molecule has 3 rings (SSSR count). The zero-order valence-electron chi connectivity index (χ0n) is 20.2. The minimum atomic E-state index is -0.0656. The molecular formula is C26H33N7O2. The number of pyridine rings is 1. The van der Waals surface area contributed by atoms with Crippen molar-refractivity contribution in [3.05, 3.63) is 54.4 Å². The molecule has 9 heteroatoms. The molecule has 35 heavy (non-hydrogen) atoms. The van der Waals surface area contributed by atoms with Crippen molar-refractivity contribution in [1.29, 1.82) is 5.26 Å². The van der Waals surface area contributed by atoms with E-state index in [4.69, 9.17) is 5.26 Å². The third-order valence-electron chi connectivity index (χ3n) is 6.03. The summed E-state index contributed by atoms with van der Waals surface area (Å²) in [6.07, 6.45) is 10.8. The summed E-state index contributed by atoms with van der Waals surface area (Å²) >= 11 is 0. The maximum atomic E-state index is 12.9. The molecule has 1 aromatic heterocycles. The number of rotatable bonds is 9. The number of hydrogen-bond donors (Lipinski definition) is 3. The minimum Gasteiger partial charge on any atom is -0.355 e. The van der Waals surface area contributed by atoms with Gasteiger partial charge in [0.15, 0.2) is 6.19 Å². The van der Waals surface area contributed by atoms with Gasteiger partial charge in [-0.2, -0.15) is 5.26 Å². The van der Waals surface area contributed by atoms with Gasteiger partial charge in [0.1, 0.15) is 0 Å². The number of piperidine rings is 1. The number of amides is 2. The van der Waals surface area contributed by atoms with Crippen molar-refractivity contribution in [3.8, 4) is 6.19 Å². The Labute approximate surface area is 206 Å². The first kappa shape index (κ1) is 25.7. The van der Waals surface area contributed by atoms with Crippen LogP contribution in [-0.4, -0.2) is 47.3 Å². The molecule has 0 unspecified atom stereocenters. The number of benzene rings is 1. The van der Waals surface area contributed by atoms with Gasteiger partial charge < -0.3 is 15.5 Å². The third-order valence-corrected chi connectivity index (χ3v) is 6.03. The molecular weight excluding hydrogens is 442 g/mol. The molecule has 0 atom stereocenters. The van der Waals surface area contributed by atoms with E-state index in [0.29, 0.717) is 29.5 Å². The molecule has 1 aliphatic heterocycles. The van der Waals surface area contributed by atoms with Crippen molar-refractivity contribution in [2.24, 2.45) is 10.9 Å². The summed E-state index contributed by atoms with van der Waals surface area (Å²) in [6, 6.07) is 10.7. The molecule has 184 valence electrons. The van der Waals surface area contributed by atoms with E-state index in [1.807, 2.05) is 11.1 Å². The molecule has 2 aromatic rings. The molecule has 2 heterocycles. The summed E-state index contributed by atoms with van der Waals surface area (Å²) in [4.78, 5) is 34.8. The Balaban J connectivity index is 1.37. The Morgan fingerprint density at radius 2 is 1.94 bits per heavy atom. The van der Waals surface area contributed by atoms with Crippen LogP contribution in [0.1, 0.15) is 55.8 Å². The standard InChI is InChI=1S/C26H33N7O2/c1-2-24(34)31-23-8-5-7-21(18-23)25(35)33-16-11-20(12-17-33)6-3-4-13-29-26(30-19-27)32-22-9-14-28-15-10-22/h5,7-10,14-15,18,20H,2-4,6,11-13,16-17H2,1H3,(H,31,34)(H2,28,29,30,32). The van der Waals surface area contributed by atoms with Crippen molar-refractivity contribution in [2.45, 2.75) is 45.4 Å². The maximum Gasteiger partial charge on any atom is 0.253 e. The molecule has 0 aliphatic carbocycles. The minimum absolute atomic E-state index is 0.0197. The highest BCUT2D eigenvalue weighted by atomic mass is 16.2. The number of nitrogens with one attached hydrogen (secondary N) is 3. The molecule has 9 nitrogen and oxygen atoms in total. The Morgan fingerprint density at radius 1 is 1.17 bits per heavy atom. The number of carbonyl (C=O) groups excluding carboxylic acids is 2. The van der Waals surface area contributed by atoms with Gasteiger partial charge >= 0.3 is 0 Å². The van der Waals surface area contributed by atoms with Crippen molar-refractivity contribution >= 4 is 29.1 Å². The number of likely N-dealkylation sites (tertiary alicyclic amines) is 1. The van der Waals surface area contributed by atoms with Crippen LogP contribution in [0.4, 0.5) is 11.4 Å². The number of hydrogen-bond acceptors (Lipinski definition) is 5. The van der Waals surface area contributed by atoms with E-state index in [0.717, 1.165) is 57.4 Å². The van der Waals surface area contributed by atoms with Crippen LogP contribution in [0.15, 0.2) is 53.8 Å². The zero-order valence-corrected chi connectivity index (χ0v) is 20.2. The molecule has 0 bridgehead atoms. The fraction of sp³-hybridized carbons (Fsp3) is 0.423. The summed E-state index contributed by atoms with van der Waals surface area (Å²) in [5.41, 5.74) is 1.99. The van der Waals surface area contributed by atoms with Crippen molar-refractivity contribution in [2.75, 3.05) is 25.0 Å². The number of unbranched alkanes of at least 4 members (excludes halogenated alkanes) is 1. The van der Waals surface area contributed by atoms with E-state index in [2.05, 4.69) is 25.9 Å². The average Bonchev–Trinajstić information content (AvgIpc) is 2.89. The predicted octanol–water partition coefficient (Wildman–Crippen LogP) is 3.80. The van der Waals surface area contributed by atoms with Gasteiger partial charge in [0.25, 0.3) is 5.91 Å². The van der Waals surface area contributed by atoms with Crippen molar-refractivity contribution in [3.63, 3.8) is 0 Å². The van der Waals surface area contributed by atoms with E-state index >= 15 is 0 Å². The largest absolute Gasteiger partial charge is 0.355 e. The van der Waals surface area contributed by atoms with Gasteiger partial charge in [-0.3, -0.25) is 19.9 Å². The fourth-order valence-electron chi connectivity index (χ4n) is 4.06. The lowest BCUT2D eigenvalue weighted by molar-refractivity contribution is -0.115. The predicted molar refractivity (Wildman–Crippen MR) is 136 cm³/mol. The highest BCUT2D eigenvalue weighted by molar-refractivity contribution is 5.97. The molecule has 0 saturated carbocycles. The van der Waals surface area contributed by atoms with Crippen LogP contribution in [0.25, 0.3) is 0 Å². The molecule has 0 spiro atoms. The Bertz CT molecular complexity index is 1040. The lowest BCUT2D eigenvalue weighted by atomic mass is 9.91. The third kappa shape index (κ3) is 8.41. The number of anilines is 1. The second-order valence-electron chi connectivity index (χ2n) is 8.54. The van der Waals surface area contributed by atoms with Gasteiger partial charge in [-0.05, 0) is 55.5 Å². The molecule has 2 amide bonds. The fourth-order valence-corrected chi connectivity index (χ4v) is 4.06. The normalized spacial score (nSPS) is 14.2. The summed E-state index contributed by atoms with van der Waals surface area (Å²) in [5.74, 6) is 0.996. The van der Waals surface area contributed by atoms with Gasteiger partial charge in [0.05, 0.1) is 5.69 Å². The molecule has 1 saturated heterocycles. The molecule has 3 N–H and O–H groups in total. The Morgan fingerprint density at radius 3 is 2.66 bits per heavy atom. The van der Waals surface area contributed by atoms with Crippen LogP contribution in [0.3, 0.4) is 0 Å². The number of carbonyl (C=O) groups is 2. The van der Waals surface area contributed by atoms with Crippen LogP contribution in [0.5, 0.6) is 0 Å². The summed E-state index contributed by atoms with van der Waals surface area (Å²) < 4.78 is 0. The summed E-state index contributed by atoms with van der Waals surface area (Å²) in [5, 5.41) is 17.5. The first-order chi connectivity index (χ1) is 17.1. The lowest BCUT2D eigenvalue weighted by Crippen LogP contribution is -2.38. The number of nitrogens with zero attached hydrogens (tertiary/aromatic N) is 4. The van der Waals surface area contributed by atoms with E-state index < -0.39 is 0 Å². The molecule has 1 fully saturated rings. The van der Waals surface area contributed by atoms with Crippen LogP contribution >= 0.6 is 0 Å². The SMILES string of the molecule is CCC(=O)Nc1cccc(C(=O)N2CCC(CCCCN/C(=N/c3ccncc3)NC#N)CC2)c1. The first-order valence-corrected chi connectivity index (χ1v) is 12.2. The van der Waals surface area contributed by atoms with Gasteiger partial charge in [-0.1, -0.05) is 25.8 Å². The van der Waals surface area contributed by atoms with Gasteiger partial charge in [-0.15, -0.1) is 0 Å². The smallest absolute Gasteiger partial charge is 0.253 e.